The summed E-state index contributed by atoms with van der Waals surface area (Å²) < 4.78 is 38.9. The Morgan fingerprint density at radius 1 is 1.03 bits per heavy atom. The van der Waals surface area contributed by atoms with Gasteiger partial charge >= 0.3 is 0 Å². The van der Waals surface area contributed by atoms with E-state index in [9.17, 15) is 13.2 Å². The summed E-state index contributed by atoms with van der Waals surface area (Å²) in [5.74, 6) is 1.35. The molecule has 160 valence electrons. The van der Waals surface area contributed by atoms with E-state index in [0.29, 0.717) is 28.7 Å². The molecule has 1 aliphatic heterocycles. The number of sulfonamides is 1. The zero-order valence-electron chi connectivity index (χ0n) is 16.8. The van der Waals surface area contributed by atoms with Gasteiger partial charge in [-0.2, -0.15) is 0 Å². The molecule has 31 heavy (non-hydrogen) atoms. The molecule has 0 spiro atoms. The zero-order valence-corrected chi connectivity index (χ0v) is 17.6. The molecule has 0 unspecified atom stereocenters. The molecular weight excluding hydrogens is 420 g/mol. The first kappa shape index (κ1) is 20.6. The van der Waals surface area contributed by atoms with Crippen LogP contribution >= 0.6 is 0 Å². The van der Waals surface area contributed by atoms with Gasteiger partial charge < -0.3 is 14.8 Å². The van der Waals surface area contributed by atoms with Gasteiger partial charge in [0.15, 0.2) is 11.5 Å². The molecule has 0 fully saturated rings. The van der Waals surface area contributed by atoms with Crippen molar-refractivity contribution in [1.29, 1.82) is 0 Å². The minimum atomic E-state index is -3.84. The first-order valence-corrected chi connectivity index (χ1v) is 10.9. The third kappa shape index (κ3) is 4.75. The van der Waals surface area contributed by atoms with E-state index in [1.54, 1.807) is 38.1 Å². The first-order chi connectivity index (χ1) is 14.8. The summed E-state index contributed by atoms with van der Waals surface area (Å²) in [7, 11) is -3.84. The summed E-state index contributed by atoms with van der Waals surface area (Å²) in [5.41, 5.74) is 1.08. The SMILES string of the molecule is Cc1cc(NS(=O)(=O)c2ccc(NC(=O)[C@@H]3COc4ccccc4O3)cc2)nc(C)n1. The summed E-state index contributed by atoms with van der Waals surface area (Å²) in [6, 6.07) is 14.4. The molecule has 2 aromatic carbocycles. The van der Waals surface area contributed by atoms with Crippen LogP contribution in [0.2, 0.25) is 0 Å². The molecule has 1 atom stereocenters. The number of fused-ring (bicyclic) bond motifs is 1. The van der Waals surface area contributed by atoms with E-state index in [2.05, 4.69) is 20.0 Å². The number of nitrogens with one attached hydrogen (secondary N) is 2. The van der Waals surface area contributed by atoms with Crippen molar-refractivity contribution in [1.82, 2.24) is 9.97 Å². The van der Waals surface area contributed by atoms with E-state index in [-0.39, 0.29) is 17.3 Å². The molecule has 1 aliphatic rings. The van der Waals surface area contributed by atoms with Crippen LogP contribution in [0.4, 0.5) is 11.5 Å². The average molecular weight is 440 g/mol. The summed E-state index contributed by atoms with van der Waals surface area (Å²) in [6.45, 7) is 3.52. The number of aryl methyl sites for hydroxylation is 2. The van der Waals surface area contributed by atoms with Crippen molar-refractivity contribution >= 4 is 27.4 Å². The molecular formula is C21H20N4O5S. The third-order valence-corrected chi connectivity index (χ3v) is 5.81. The van der Waals surface area contributed by atoms with Crippen molar-refractivity contribution in [3.8, 4) is 11.5 Å². The quantitative estimate of drug-likeness (QED) is 0.626. The summed E-state index contributed by atoms with van der Waals surface area (Å²) in [5, 5.41) is 2.71. The number of aromatic nitrogens is 2. The molecule has 0 saturated heterocycles. The fraction of sp³-hybridized carbons (Fsp3) is 0.190. The second-order valence-electron chi connectivity index (χ2n) is 6.93. The van der Waals surface area contributed by atoms with Crippen LogP contribution in [0.5, 0.6) is 11.5 Å². The van der Waals surface area contributed by atoms with Gasteiger partial charge in [-0.1, -0.05) is 12.1 Å². The minimum Gasteiger partial charge on any atom is -0.485 e. The maximum atomic E-state index is 12.6. The molecule has 2 heterocycles. The predicted molar refractivity (Wildman–Crippen MR) is 114 cm³/mol. The Balaban J connectivity index is 1.42. The summed E-state index contributed by atoms with van der Waals surface area (Å²) in [6.07, 6.45) is -0.816. The van der Waals surface area contributed by atoms with E-state index in [0.717, 1.165) is 0 Å². The number of hydrogen-bond acceptors (Lipinski definition) is 7. The Kier molecular flexibility index (Phi) is 5.47. The standard InChI is InChI=1S/C21H20N4O5S/c1-13-11-20(23-14(2)22-13)25-31(27,28)16-9-7-15(8-10-16)24-21(26)19-12-29-17-5-3-4-6-18(17)30-19/h3-11,19H,12H2,1-2H3,(H,24,26)(H,22,23,25)/t19-/m0/s1. The predicted octanol–water partition coefficient (Wildman–Crippen LogP) is 2.67. The molecule has 9 nitrogen and oxygen atoms in total. The van der Waals surface area contributed by atoms with Crippen LogP contribution < -0.4 is 19.5 Å². The fourth-order valence-electron chi connectivity index (χ4n) is 3.05. The van der Waals surface area contributed by atoms with Gasteiger partial charge in [-0.15, -0.1) is 0 Å². The van der Waals surface area contributed by atoms with E-state index < -0.39 is 22.0 Å². The molecule has 10 heteroatoms. The van der Waals surface area contributed by atoms with Crippen molar-refractivity contribution in [2.24, 2.45) is 0 Å². The molecule has 0 aliphatic carbocycles. The molecule has 1 amide bonds. The number of anilines is 2. The van der Waals surface area contributed by atoms with E-state index >= 15 is 0 Å². The van der Waals surface area contributed by atoms with Crippen LogP contribution in [0.15, 0.2) is 59.5 Å². The smallest absolute Gasteiger partial charge is 0.269 e. The van der Waals surface area contributed by atoms with Gasteiger partial charge in [0.1, 0.15) is 18.2 Å². The van der Waals surface area contributed by atoms with E-state index in [1.807, 2.05) is 6.07 Å². The number of para-hydroxylation sites is 2. The Hall–Kier alpha value is -3.66. The van der Waals surface area contributed by atoms with Gasteiger partial charge in [0, 0.05) is 17.4 Å². The molecule has 0 radical (unpaired) electrons. The largest absolute Gasteiger partial charge is 0.485 e. The lowest BCUT2D eigenvalue weighted by atomic mass is 10.2. The van der Waals surface area contributed by atoms with Gasteiger partial charge in [-0.3, -0.25) is 9.52 Å². The van der Waals surface area contributed by atoms with Crippen LogP contribution in [-0.4, -0.2) is 37.0 Å². The molecule has 2 N–H and O–H groups in total. The molecule has 4 rings (SSSR count). The van der Waals surface area contributed by atoms with Gasteiger partial charge in [0.2, 0.25) is 6.10 Å². The number of hydrogen-bond donors (Lipinski definition) is 2. The highest BCUT2D eigenvalue weighted by molar-refractivity contribution is 7.92. The molecule has 3 aromatic rings. The monoisotopic (exact) mass is 440 g/mol. The average Bonchev–Trinajstić information content (AvgIpc) is 2.72. The van der Waals surface area contributed by atoms with Crippen LogP contribution in [0.25, 0.3) is 0 Å². The van der Waals surface area contributed by atoms with Gasteiger partial charge in [-0.25, -0.2) is 18.4 Å². The van der Waals surface area contributed by atoms with Crippen LogP contribution in [0.3, 0.4) is 0 Å². The second kappa shape index (κ2) is 8.23. The van der Waals surface area contributed by atoms with Crippen molar-refractivity contribution < 1.29 is 22.7 Å². The lowest BCUT2D eigenvalue weighted by molar-refractivity contribution is -0.125. The topological polar surface area (TPSA) is 120 Å². The number of rotatable bonds is 5. The van der Waals surface area contributed by atoms with Crippen LogP contribution in [0, 0.1) is 13.8 Å². The second-order valence-corrected chi connectivity index (χ2v) is 8.61. The Morgan fingerprint density at radius 3 is 2.45 bits per heavy atom. The summed E-state index contributed by atoms with van der Waals surface area (Å²) >= 11 is 0. The maximum Gasteiger partial charge on any atom is 0.269 e. The number of nitrogens with zero attached hydrogens (tertiary/aromatic N) is 2. The van der Waals surface area contributed by atoms with Gasteiger partial charge in [0.25, 0.3) is 15.9 Å². The molecule has 0 bridgehead atoms. The highest BCUT2D eigenvalue weighted by atomic mass is 32.2. The Morgan fingerprint density at radius 2 is 1.74 bits per heavy atom. The Labute approximate surface area is 179 Å². The van der Waals surface area contributed by atoms with Crippen molar-refractivity contribution in [2.45, 2.75) is 24.8 Å². The Bertz CT molecular complexity index is 1210. The van der Waals surface area contributed by atoms with Crippen LogP contribution in [-0.2, 0) is 14.8 Å². The minimum absolute atomic E-state index is 0.0330. The molecule has 1 aromatic heterocycles. The van der Waals surface area contributed by atoms with Gasteiger partial charge in [-0.05, 0) is 50.2 Å². The van der Waals surface area contributed by atoms with Crippen molar-refractivity contribution in [2.75, 3.05) is 16.6 Å². The maximum absolute atomic E-state index is 12.6. The van der Waals surface area contributed by atoms with E-state index in [1.165, 1.54) is 24.3 Å². The zero-order chi connectivity index (χ0) is 22.0. The normalized spacial score (nSPS) is 15.2. The first-order valence-electron chi connectivity index (χ1n) is 9.45. The van der Waals surface area contributed by atoms with Gasteiger partial charge in [0.05, 0.1) is 4.90 Å². The number of carbonyl (C=O) groups excluding carboxylic acids is 1. The lowest BCUT2D eigenvalue weighted by Crippen LogP contribution is -2.40. The van der Waals surface area contributed by atoms with Crippen molar-refractivity contribution in [3.63, 3.8) is 0 Å². The highest BCUT2D eigenvalue weighted by Crippen LogP contribution is 2.31. The molecule has 0 saturated carbocycles. The lowest BCUT2D eigenvalue weighted by Gasteiger charge is -2.25. The van der Waals surface area contributed by atoms with E-state index in [4.69, 9.17) is 9.47 Å². The summed E-state index contributed by atoms with van der Waals surface area (Å²) in [4.78, 5) is 20.7. The highest BCUT2D eigenvalue weighted by Gasteiger charge is 2.27. The fourth-order valence-corrected chi connectivity index (χ4v) is 4.05. The third-order valence-electron chi connectivity index (χ3n) is 4.44. The number of carbonyl (C=O) groups is 1. The number of ether oxygens (including phenoxy) is 2. The number of benzene rings is 2. The number of amides is 1. The van der Waals surface area contributed by atoms with Crippen molar-refractivity contribution in [3.05, 3.63) is 66.1 Å². The van der Waals surface area contributed by atoms with Crippen LogP contribution in [0.1, 0.15) is 11.5 Å².